The Morgan fingerprint density at radius 1 is 1.00 bits per heavy atom. The summed E-state index contributed by atoms with van der Waals surface area (Å²) >= 11 is 18.1. The van der Waals surface area contributed by atoms with Crippen LogP contribution in [0.5, 0.6) is 11.5 Å². The number of nitrogens with one attached hydrogen (secondary N) is 1. The van der Waals surface area contributed by atoms with Gasteiger partial charge in [0.15, 0.2) is 11.5 Å². The van der Waals surface area contributed by atoms with Crippen molar-refractivity contribution in [2.24, 2.45) is 0 Å². The van der Waals surface area contributed by atoms with E-state index < -0.39 is 23.8 Å². The van der Waals surface area contributed by atoms with Crippen LogP contribution in [0.15, 0.2) is 24.3 Å². The molecule has 4 rings (SSSR count). The molecule has 1 N–H and O–H groups in total. The van der Waals surface area contributed by atoms with Crippen LogP contribution in [0.2, 0.25) is 15.1 Å². The highest BCUT2D eigenvalue weighted by atomic mass is 35.5. The number of amides is 3. The van der Waals surface area contributed by atoms with Gasteiger partial charge in [0.2, 0.25) is 5.91 Å². The number of hydrogen-bond donors (Lipinski definition) is 1. The van der Waals surface area contributed by atoms with E-state index in [0.717, 1.165) is 10.5 Å². The van der Waals surface area contributed by atoms with E-state index in [0.29, 0.717) is 36.2 Å². The van der Waals surface area contributed by atoms with Gasteiger partial charge in [-0.2, -0.15) is 0 Å². The van der Waals surface area contributed by atoms with Crippen LogP contribution in [-0.2, 0) is 11.2 Å². The molecule has 0 spiro atoms. The number of rotatable bonds is 5. The molecule has 2 aliphatic heterocycles. The topological polar surface area (TPSA) is 84.9 Å². The monoisotopic (exact) mass is 482 g/mol. The van der Waals surface area contributed by atoms with E-state index in [1.54, 1.807) is 6.07 Å². The summed E-state index contributed by atoms with van der Waals surface area (Å²) in [5.74, 6) is -0.549. The van der Waals surface area contributed by atoms with Crippen molar-refractivity contribution in [1.82, 2.24) is 10.2 Å². The number of imide groups is 1. The van der Waals surface area contributed by atoms with Crippen molar-refractivity contribution >= 4 is 52.5 Å². The normalized spacial score (nSPS) is 15.7. The van der Waals surface area contributed by atoms with Crippen LogP contribution in [0.1, 0.15) is 33.2 Å². The number of carbonyl (C=O) groups excluding carboxylic acids is 3. The van der Waals surface area contributed by atoms with E-state index in [1.807, 2.05) is 6.07 Å². The molecule has 0 radical (unpaired) electrons. The van der Waals surface area contributed by atoms with E-state index in [9.17, 15) is 14.4 Å². The molecule has 0 saturated heterocycles. The Hall–Kier alpha value is -2.48. The second kappa shape index (κ2) is 8.57. The van der Waals surface area contributed by atoms with Crippen molar-refractivity contribution in [2.75, 3.05) is 19.8 Å². The summed E-state index contributed by atoms with van der Waals surface area (Å²) in [6.07, 6.45) is 0.474. The maximum absolute atomic E-state index is 12.7. The van der Waals surface area contributed by atoms with Gasteiger partial charge in [-0.25, -0.2) is 0 Å². The lowest BCUT2D eigenvalue weighted by Crippen LogP contribution is -2.48. The molecule has 7 nitrogen and oxygen atoms in total. The van der Waals surface area contributed by atoms with Crippen molar-refractivity contribution < 1.29 is 23.9 Å². The van der Waals surface area contributed by atoms with Gasteiger partial charge in [-0.1, -0.05) is 34.8 Å². The minimum atomic E-state index is -1.01. The predicted molar refractivity (Wildman–Crippen MR) is 116 cm³/mol. The van der Waals surface area contributed by atoms with Crippen LogP contribution in [0.4, 0.5) is 0 Å². The van der Waals surface area contributed by atoms with Crippen LogP contribution in [-0.4, -0.2) is 48.4 Å². The lowest BCUT2D eigenvalue weighted by molar-refractivity contribution is -0.124. The summed E-state index contributed by atoms with van der Waals surface area (Å²) in [7, 11) is 0. The SMILES string of the molecule is C[C@@H](C(=O)NCCc1cc(Cl)c2c(c1)OCCO2)N1C(=O)c2cc(Cl)c(Cl)cc2C1=O. The zero-order valence-corrected chi connectivity index (χ0v) is 18.6. The molecule has 1 atom stereocenters. The molecule has 31 heavy (non-hydrogen) atoms. The standard InChI is InChI=1S/C21H17Cl3N2O5/c1-10(26-20(28)12-8-14(22)15(23)9-13(12)21(26)29)19(27)25-3-2-11-6-16(24)18-17(7-11)30-4-5-31-18/h6-10H,2-5H2,1H3,(H,25,27)/t10-/m0/s1. The highest BCUT2D eigenvalue weighted by Crippen LogP contribution is 2.38. The number of ether oxygens (including phenoxy) is 2. The molecule has 0 bridgehead atoms. The molecule has 3 amide bonds. The number of benzene rings is 2. The van der Waals surface area contributed by atoms with Gasteiger partial charge in [-0.15, -0.1) is 0 Å². The third kappa shape index (κ3) is 4.05. The first kappa shape index (κ1) is 21.7. The molecule has 2 aromatic carbocycles. The summed E-state index contributed by atoms with van der Waals surface area (Å²) in [5, 5.41) is 3.52. The second-order valence-corrected chi connectivity index (χ2v) is 8.33. The van der Waals surface area contributed by atoms with Crippen molar-refractivity contribution in [3.05, 3.63) is 56.0 Å². The lowest BCUT2D eigenvalue weighted by Gasteiger charge is -2.22. The molecule has 2 aromatic rings. The van der Waals surface area contributed by atoms with Crippen LogP contribution < -0.4 is 14.8 Å². The molecule has 10 heteroatoms. The quantitative estimate of drug-likeness (QED) is 0.655. The summed E-state index contributed by atoms with van der Waals surface area (Å²) in [6, 6.07) is 5.25. The fourth-order valence-corrected chi connectivity index (χ4v) is 4.12. The highest BCUT2D eigenvalue weighted by Gasteiger charge is 2.41. The van der Waals surface area contributed by atoms with E-state index in [1.165, 1.54) is 19.1 Å². The van der Waals surface area contributed by atoms with Gasteiger partial charge in [-0.3, -0.25) is 19.3 Å². The Balaban J connectivity index is 1.40. The van der Waals surface area contributed by atoms with Gasteiger partial charge in [0.05, 0.1) is 26.2 Å². The second-order valence-electron chi connectivity index (χ2n) is 7.11. The first-order chi connectivity index (χ1) is 14.8. The molecule has 0 aromatic heterocycles. The number of halogens is 3. The molecule has 162 valence electrons. The van der Waals surface area contributed by atoms with E-state index in [-0.39, 0.29) is 27.7 Å². The minimum absolute atomic E-state index is 0.130. The van der Waals surface area contributed by atoms with Crippen molar-refractivity contribution in [2.45, 2.75) is 19.4 Å². The molecule has 2 heterocycles. The maximum atomic E-state index is 12.7. The van der Waals surface area contributed by atoms with Crippen LogP contribution in [0.25, 0.3) is 0 Å². The molecular weight excluding hydrogens is 467 g/mol. The molecule has 0 aliphatic carbocycles. The van der Waals surface area contributed by atoms with Crippen molar-refractivity contribution in [3.8, 4) is 11.5 Å². The Labute approximate surface area is 193 Å². The maximum Gasteiger partial charge on any atom is 0.262 e. The zero-order chi connectivity index (χ0) is 22.3. The Kier molecular flexibility index (Phi) is 6.01. The molecule has 0 unspecified atom stereocenters. The van der Waals surface area contributed by atoms with E-state index in [4.69, 9.17) is 44.3 Å². The van der Waals surface area contributed by atoms with Crippen molar-refractivity contribution in [3.63, 3.8) is 0 Å². The fraction of sp³-hybridized carbons (Fsp3) is 0.286. The Morgan fingerprint density at radius 2 is 1.61 bits per heavy atom. The van der Waals surface area contributed by atoms with Gasteiger partial charge in [0.25, 0.3) is 11.8 Å². The summed E-state index contributed by atoms with van der Waals surface area (Å²) < 4.78 is 11.0. The lowest BCUT2D eigenvalue weighted by atomic mass is 10.1. The fourth-order valence-electron chi connectivity index (χ4n) is 3.51. The average Bonchev–Trinajstić information content (AvgIpc) is 2.97. The zero-order valence-electron chi connectivity index (χ0n) is 16.3. The van der Waals surface area contributed by atoms with Gasteiger partial charge < -0.3 is 14.8 Å². The van der Waals surface area contributed by atoms with Gasteiger partial charge in [0.1, 0.15) is 19.3 Å². The van der Waals surface area contributed by atoms with Gasteiger partial charge >= 0.3 is 0 Å². The first-order valence-electron chi connectivity index (χ1n) is 9.50. The van der Waals surface area contributed by atoms with Gasteiger partial charge in [0, 0.05) is 6.54 Å². The van der Waals surface area contributed by atoms with Gasteiger partial charge in [-0.05, 0) is 43.2 Å². The summed E-state index contributed by atoms with van der Waals surface area (Å²) in [4.78, 5) is 38.9. The van der Waals surface area contributed by atoms with Crippen LogP contribution >= 0.6 is 34.8 Å². The number of carbonyl (C=O) groups is 3. The number of nitrogens with zero attached hydrogens (tertiary/aromatic N) is 1. The highest BCUT2D eigenvalue weighted by molar-refractivity contribution is 6.43. The largest absolute Gasteiger partial charge is 0.486 e. The number of hydrogen-bond acceptors (Lipinski definition) is 5. The Morgan fingerprint density at radius 3 is 2.26 bits per heavy atom. The van der Waals surface area contributed by atoms with Crippen LogP contribution in [0, 0.1) is 0 Å². The molecule has 2 aliphatic rings. The summed E-state index contributed by atoms with van der Waals surface area (Å²) in [6.45, 7) is 2.65. The smallest absolute Gasteiger partial charge is 0.262 e. The number of fused-ring (bicyclic) bond motifs is 2. The molecule has 0 fully saturated rings. The summed E-state index contributed by atoms with van der Waals surface area (Å²) in [5.41, 5.74) is 1.11. The van der Waals surface area contributed by atoms with E-state index >= 15 is 0 Å². The third-order valence-corrected chi connectivity index (χ3v) is 6.10. The predicted octanol–water partition coefficient (Wildman–Crippen LogP) is 3.76. The first-order valence-corrected chi connectivity index (χ1v) is 10.6. The third-order valence-electron chi connectivity index (χ3n) is 5.10. The average molecular weight is 484 g/mol. The van der Waals surface area contributed by atoms with Crippen LogP contribution in [0.3, 0.4) is 0 Å². The van der Waals surface area contributed by atoms with Crippen molar-refractivity contribution in [1.29, 1.82) is 0 Å². The Bertz CT molecular complexity index is 1060. The molecular formula is C21H17Cl3N2O5. The van der Waals surface area contributed by atoms with E-state index in [2.05, 4.69) is 5.32 Å². The minimum Gasteiger partial charge on any atom is -0.486 e. The molecule has 0 saturated carbocycles.